The Kier molecular flexibility index (Phi) is 5.50. The highest BCUT2D eigenvalue weighted by atomic mass is 32.2. The zero-order valence-electron chi connectivity index (χ0n) is 14.4. The predicted molar refractivity (Wildman–Crippen MR) is 105 cm³/mol. The number of rotatable bonds is 6. The van der Waals surface area contributed by atoms with Gasteiger partial charge in [0.05, 0.1) is 22.6 Å². The molecule has 2 N–H and O–H groups in total. The molecule has 0 spiro atoms. The van der Waals surface area contributed by atoms with Crippen molar-refractivity contribution in [3.05, 3.63) is 35.4 Å². The first-order valence-electron chi connectivity index (χ1n) is 8.98. The van der Waals surface area contributed by atoms with Gasteiger partial charge in [0.15, 0.2) is 5.78 Å². The van der Waals surface area contributed by atoms with E-state index in [1.54, 1.807) is 0 Å². The molecule has 2 heterocycles. The van der Waals surface area contributed by atoms with E-state index in [9.17, 15) is 14.4 Å². The van der Waals surface area contributed by atoms with Crippen molar-refractivity contribution in [2.45, 2.75) is 47.8 Å². The predicted octanol–water partition coefficient (Wildman–Crippen LogP) is 1.51. The second kappa shape index (κ2) is 7.84. The lowest BCUT2D eigenvalue weighted by Crippen LogP contribution is -2.49. The van der Waals surface area contributed by atoms with Gasteiger partial charge >= 0.3 is 0 Å². The second-order valence-electron chi connectivity index (χ2n) is 7.02. The Bertz CT molecular complexity index is 726. The quantitative estimate of drug-likeness (QED) is 0.713. The van der Waals surface area contributed by atoms with Crippen molar-refractivity contribution >= 4 is 41.4 Å². The molecular formula is C19H22N2O3S2. The lowest BCUT2D eigenvalue weighted by atomic mass is 9.91. The topological polar surface area (TPSA) is 75.3 Å². The summed E-state index contributed by atoms with van der Waals surface area (Å²) in [6.07, 6.45) is 3.33. The molecule has 0 radical (unpaired) electrons. The summed E-state index contributed by atoms with van der Waals surface area (Å²) in [6, 6.07) is 7.41. The molecule has 3 aliphatic rings. The molecule has 2 aliphatic heterocycles. The van der Waals surface area contributed by atoms with E-state index in [4.69, 9.17) is 0 Å². The average Bonchev–Trinajstić information content (AvgIpc) is 3.40. The molecule has 2 fully saturated rings. The van der Waals surface area contributed by atoms with Gasteiger partial charge in [-0.25, -0.2) is 0 Å². The zero-order valence-corrected chi connectivity index (χ0v) is 16.0. The summed E-state index contributed by atoms with van der Waals surface area (Å²) in [5, 5.41) is 5.48. The summed E-state index contributed by atoms with van der Waals surface area (Å²) >= 11 is 2.97. The molecule has 3 unspecified atom stereocenters. The third kappa shape index (κ3) is 3.38. The van der Waals surface area contributed by atoms with Crippen molar-refractivity contribution in [2.24, 2.45) is 0 Å². The lowest BCUT2D eigenvalue weighted by molar-refractivity contribution is -0.126. The average molecular weight is 391 g/mol. The Labute approximate surface area is 161 Å². The van der Waals surface area contributed by atoms with Crippen LogP contribution < -0.4 is 10.6 Å². The third-order valence-electron chi connectivity index (χ3n) is 5.53. The Morgan fingerprint density at radius 3 is 2.73 bits per heavy atom. The Balaban J connectivity index is 1.44. The maximum absolute atomic E-state index is 13.0. The minimum Gasteiger partial charge on any atom is -0.302 e. The standard InChI is InChI=1S/C19H22N2O3S2/c22-8-14-18(25-9-20-14)17(24)16-19(26-10-21-16)15(23)7-12-6-5-11-3-1-2-4-13(11)12/h1-4,8,12,14,16,18-21H,5-7,9-10H2/t12?,14-,16-,18?,19?/m1/s1. The molecule has 0 bridgehead atoms. The van der Waals surface area contributed by atoms with E-state index in [1.165, 1.54) is 34.7 Å². The van der Waals surface area contributed by atoms with Crippen molar-refractivity contribution in [1.82, 2.24) is 10.6 Å². The van der Waals surface area contributed by atoms with E-state index >= 15 is 0 Å². The van der Waals surface area contributed by atoms with Crippen LogP contribution in [0.5, 0.6) is 0 Å². The number of nitrogens with one attached hydrogen (secondary N) is 2. The molecule has 2 saturated heterocycles. The maximum atomic E-state index is 13.0. The third-order valence-corrected chi connectivity index (χ3v) is 7.98. The summed E-state index contributed by atoms with van der Waals surface area (Å²) in [6.45, 7) is 0. The van der Waals surface area contributed by atoms with Gasteiger partial charge in [-0.3, -0.25) is 20.2 Å². The van der Waals surface area contributed by atoms with Crippen molar-refractivity contribution in [2.75, 3.05) is 11.8 Å². The molecule has 5 atom stereocenters. The highest BCUT2D eigenvalue weighted by molar-refractivity contribution is 8.01. The molecule has 26 heavy (non-hydrogen) atoms. The van der Waals surface area contributed by atoms with Crippen LogP contribution in [0.1, 0.15) is 29.9 Å². The van der Waals surface area contributed by atoms with Crippen LogP contribution in [0.15, 0.2) is 24.3 Å². The van der Waals surface area contributed by atoms with Crippen LogP contribution in [-0.4, -0.2) is 52.2 Å². The van der Waals surface area contributed by atoms with Gasteiger partial charge in [0.25, 0.3) is 0 Å². The number of thioether (sulfide) groups is 2. The number of aryl methyl sites for hydroxylation is 1. The molecule has 7 heteroatoms. The summed E-state index contributed by atoms with van der Waals surface area (Å²) in [5.74, 6) is 1.59. The molecule has 0 saturated carbocycles. The number of carbonyl (C=O) groups is 3. The number of fused-ring (bicyclic) bond motifs is 1. The maximum Gasteiger partial charge on any atom is 0.166 e. The fourth-order valence-electron chi connectivity index (χ4n) is 4.18. The highest BCUT2D eigenvalue weighted by Crippen LogP contribution is 2.37. The van der Waals surface area contributed by atoms with Crippen LogP contribution in [0.4, 0.5) is 0 Å². The van der Waals surface area contributed by atoms with E-state index in [1.807, 2.05) is 12.1 Å². The summed E-state index contributed by atoms with van der Waals surface area (Å²) < 4.78 is 0. The highest BCUT2D eigenvalue weighted by Gasteiger charge is 2.44. The van der Waals surface area contributed by atoms with Crippen LogP contribution in [0.2, 0.25) is 0 Å². The van der Waals surface area contributed by atoms with Crippen molar-refractivity contribution in [3.8, 4) is 0 Å². The van der Waals surface area contributed by atoms with Gasteiger partial charge in [0.2, 0.25) is 0 Å². The van der Waals surface area contributed by atoms with Crippen LogP contribution >= 0.6 is 23.5 Å². The molecular weight excluding hydrogens is 368 g/mol. The number of ketones is 2. The summed E-state index contributed by atoms with van der Waals surface area (Å²) in [7, 11) is 0. The van der Waals surface area contributed by atoms with E-state index in [2.05, 4.69) is 22.8 Å². The minimum absolute atomic E-state index is 0.0210. The number of benzene rings is 1. The number of hydrogen-bond acceptors (Lipinski definition) is 7. The van der Waals surface area contributed by atoms with Gasteiger partial charge in [0, 0.05) is 18.2 Å². The number of aldehydes is 1. The van der Waals surface area contributed by atoms with Gasteiger partial charge < -0.3 is 4.79 Å². The van der Waals surface area contributed by atoms with Gasteiger partial charge in [-0.15, -0.1) is 23.5 Å². The molecule has 4 rings (SSSR count). The van der Waals surface area contributed by atoms with E-state index < -0.39 is 17.3 Å². The SMILES string of the molecule is O=C[C@H]1NCSC1C(=O)[C@H]1NCSC1C(=O)CC1CCc2ccccc21. The number of carbonyl (C=O) groups excluding carboxylic acids is 3. The molecule has 0 amide bonds. The number of hydrogen-bond donors (Lipinski definition) is 2. The molecule has 0 aromatic heterocycles. The Morgan fingerprint density at radius 1 is 1.12 bits per heavy atom. The first-order valence-corrected chi connectivity index (χ1v) is 11.1. The van der Waals surface area contributed by atoms with E-state index in [0.29, 0.717) is 18.2 Å². The normalized spacial score (nSPS) is 33.2. The molecule has 1 aromatic rings. The fourth-order valence-corrected chi connectivity index (χ4v) is 6.48. The second-order valence-corrected chi connectivity index (χ2v) is 9.28. The van der Waals surface area contributed by atoms with Gasteiger partial charge in [0.1, 0.15) is 12.1 Å². The van der Waals surface area contributed by atoms with Gasteiger partial charge in [-0.05, 0) is 29.9 Å². The summed E-state index contributed by atoms with van der Waals surface area (Å²) in [5.41, 5.74) is 2.63. The van der Waals surface area contributed by atoms with Crippen LogP contribution in [0.25, 0.3) is 0 Å². The monoisotopic (exact) mass is 390 g/mol. The number of Topliss-reactive ketones (excluding diaryl/α,β-unsaturated/α-hetero) is 2. The molecule has 1 aliphatic carbocycles. The van der Waals surface area contributed by atoms with Crippen molar-refractivity contribution in [3.63, 3.8) is 0 Å². The van der Waals surface area contributed by atoms with E-state index in [-0.39, 0.29) is 22.7 Å². The van der Waals surface area contributed by atoms with E-state index in [0.717, 1.165) is 19.1 Å². The van der Waals surface area contributed by atoms with Gasteiger partial charge in [-0.1, -0.05) is 24.3 Å². The largest absolute Gasteiger partial charge is 0.302 e. The van der Waals surface area contributed by atoms with Crippen molar-refractivity contribution < 1.29 is 14.4 Å². The Morgan fingerprint density at radius 2 is 1.88 bits per heavy atom. The zero-order chi connectivity index (χ0) is 18.1. The first-order chi connectivity index (χ1) is 12.7. The lowest BCUT2D eigenvalue weighted by Gasteiger charge is -2.22. The van der Waals surface area contributed by atoms with Crippen LogP contribution in [0.3, 0.4) is 0 Å². The molecule has 1 aromatic carbocycles. The fraction of sp³-hybridized carbons (Fsp3) is 0.526. The molecule has 138 valence electrons. The van der Waals surface area contributed by atoms with Crippen LogP contribution in [0, 0.1) is 0 Å². The van der Waals surface area contributed by atoms with Crippen LogP contribution in [-0.2, 0) is 20.8 Å². The van der Waals surface area contributed by atoms with Crippen molar-refractivity contribution in [1.29, 1.82) is 0 Å². The molecule has 5 nitrogen and oxygen atoms in total. The van der Waals surface area contributed by atoms with Gasteiger partial charge in [-0.2, -0.15) is 0 Å². The minimum atomic E-state index is -0.482. The Hall–Kier alpha value is -1.15. The summed E-state index contributed by atoms with van der Waals surface area (Å²) in [4.78, 5) is 37.1. The smallest absolute Gasteiger partial charge is 0.166 e. The first kappa shape index (κ1) is 18.2.